The lowest BCUT2D eigenvalue weighted by Crippen LogP contribution is -2.38. The number of pyridine rings is 1. The molecule has 1 saturated heterocycles. The molecule has 0 aliphatic carbocycles. The Bertz CT molecular complexity index is 943. The normalized spacial score (nSPS) is 23.2. The number of nitrogens with one attached hydrogen (secondary N) is 1. The quantitative estimate of drug-likeness (QED) is 0.805. The molecule has 0 saturated carbocycles. The number of aromatic nitrogens is 3. The van der Waals surface area contributed by atoms with Crippen molar-refractivity contribution in [3.8, 4) is 11.3 Å². The van der Waals surface area contributed by atoms with Crippen molar-refractivity contribution in [1.29, 1.82) is 0 Å². The van der Waals surface area contributed by atoms with E-state index in [9.17, 15) is 23.1 Å². The number of rotatable bonds is 3. The van der Waals surface area contributed by atoms with E-state index in [4.69, 9.17) is 11.6 Å². The number of aliphatic hydroxyl groups is 1. The molecule has 0 bridgehead atoms. The minimum atomic E-state index is -4.82. The maximum absolute atomic E-state index is 12.8. The summed E-state index contributed by atoms with van der Waals surface area (Å²) in [6.07, 6.45) is -0.614. The summed E-state index contributed by atoms with van der Waals surface area (Å²) in [5.74, 6) is 0.396. The average molecular weight is 413 g/mol. The Kier molecular flexibility index (Phi) is 4.67. The number of aromatic amines is 1. The number of imidazole rings is 1. The highest BCUT2D eigenvalue weighted by molar-refractivity contribution is 6.31. The van der Waals surface area contributed by atoms with Crippen molar-refractivity contribution in [3.63, 3.8) is 0 Å². The highest BCUT2D eigenvalue weighted by Gasteiger charge is 2.41. The minimum Gasteiger partial charge on any atom is -0.378 e. The van der Waals surface area contributed by atoms with Gasteiger partial charge in [-0.05, 0) is 37.5 Å². The summed E-state index contributed by atoms with van der Waals surface area (Å²) >= 11 is 6.23. The zero-order valence-corrected chi connectivity index (χ0v) is 15.2. The number of hydrogen-bond acceptors (Lipinski definition) is 4. The molecule has 4 rings (SSSR count). The Morgan fingerprint density at radius 2 is 2.14 bits per heavy atom. The van der Waals surface area contributed by atoms with Gasteiger partial charge >= 0.3 is 6.18 Å². The van der Waals surface area contributed by atoms with Crippen LogP contribution in [-0.2, 0) is 4.79 Å². The standard InChI is InChI=1S/C18H16ClF3N4O2/c19-16-14(9-6-7-23-11(8-9)15(28)18(20,21)22)24-17(25-16)12-5-4-10-2-1-3-13(27)26(10)12/h1,3,6-8,10,12,15,28H,2,4-5H2,(H,24,25)/t10?,12?,15-/m0/s1. The smallest absolute Gasteiger partial charge is 0.378 e. The molecule has 28 heavy (non-hydrogen) atoms. The third-order valence-electron chi connectivity index (χ3n) is 5.08. The van der Waals surface area contributed by atoms with Gasteiger partial charge in [0.2, 0.25) is 5.91 Å². The van der Waals surface area contributed by atoms with Crippen LogP contribution in [0.4, 0.5) is 13.2 Å². The fraction of sp³-hybridized carbons (Fsp3) is 0.389. The van der Waals surface area contributed by atoms with Gasteiger partial charge in [0, 0.05) is 17.8 Å². The lowest BCUT2D eigenvalue weighted by molar-refractivity contribution is -0.207. The number of alkyl halides is 3. The van der Waals surface area contributed by atoms with E-state index in [1.807, 2.05) is 6.08 Å². The maximum atomic E-state index is 12.8. The Hall–Kier alpha value is -2.39. The van der Waals surface area contributed by atoms with E-state index in [2.05, 4.69) is 15.0 Å². The Morgan fingerprint density at radius 1 is 1.36 bits per heavy atom. The number of halogens is 4. The molecule has 6 nitrogen and oxygen atoms in total. The second kappa shape index (κ2) is 6.89. The molecule has 3 atom stereocenters. The first-order chi connectivity index (χ1) is 13.3. The zero-order chi connectivity index (χ0) is 20.1. The van der Waals surface area contributed by atoms with Crippen LogP contribution in [0.5, 0.6) is 0 Å². The molecule has 1 fully saturated rings. The van der Waals surface area contributed by atoms with E-state index in [1.54, 1.807) is 4.90 Å². The van der Waals surface area contributed by atoms with Gasteiger partial charge in [0.15, 0.2) is 11.3 Å². The summed E-state index contributed by atoms with van der Waals surface area (Å²) in [4.78, 5) is 25.0. The molecular formula is C18H16ClF3N4O2. The molecule has 2 aromatic rings. The topological polar surface area (TPSA) is 82.1 Å². The van der Waals surface area contributed by atoms with Gasteiger partial charge in [-0.25, -0.2) is 4.98 Å². The Morgan fingerprint density at radius 3 is 2.89 bits per heavy atom. The molecule has 148 valence electrons. The van der Waals surface area contributed by atoms with Crippen LogP contribution in [-0.4, -0.2) is 43.1 Å². The van der Waals surface area contributed by atoms with Crippen molar-refractivity contribution < 1.29 is 23.1 Å². The van der Waals surface area contributed by atoms with Crippen molar-refractivity contribution in [1.82, 2.24) is 19.9 Å². The van der Waals surface area contributed by atoms with Crippen molar-refractivity contribution in [3.05, 3.63) is 47.2 Å². The number of carbonyl (C=O) groups excluding carboxylic acids is 1. The SMILES string of the molecule is O=C1C=CCC2CCC(c3nc(Cl)c(-c4ccnc([C@H](O)C(F)(F)F)c4)[nH]3)N12. The molecule has 2 aliphatic heterocycles. The average Bonchev–Trinajstić information content (AvgIpc) is 3.25. The van der Waals surface area contributed by atoms with Crippen LogP contribution in [0.25, 0.3) is 11.3 Å². The van der Waals surface area contributed by atoms with E-state index in [0.717, 1.165) is 25.3 Å². The molecule has 0 spiro atoms. The van der Waals surface area contributed by atoms with Crippen LogP contribution in [0.15, 0.2) is 30.5 Å². The third-order valence-corrected chi connectivity index (χ3v) is 5.35. The molecular weight excluding hydrogens is 397 g/mol. The first-order valence-corrected chi connectivity index (χ1v) is 9.09. The van der Waals surface area contributed by atoms with Crippen molar-refractivity contribution in [2.75, 3.05) is 0 Å². The maximum Gasteiger partial charge on any atom is 0.420 e. The van der Waals surface area contributed by atoms with Gasteiger partial charge in [-0.2, -0.15) is 13.2 Å². The van der Waals surface area contributed by atoms with E-state index in [1.165, 1.54) is 18.3 Å². The lowest BCUT2D eigenvalue weighted by atomic mass is 10.1. The second-order valence-corrected chi connectivity index (χ2v) is 7.19. The first kappa shape index (κ1) is 18.9. The number of carbonyl (C=O) groups is 1. The summed E-state index contributed by atoms with van der Waals surface area (Å²) in [5.41, 5.74) is 0.101. The molecule has 10 heteroatoms. The fourth-order valence-corrected chi connectivity index (χ4v) is 4.02. The lowest BCUT2D eigenvalue weighted by Gasteiger charge is -2.30. The Balaban J connectivity index is 1.66. The number of amides is 1. The van der Waals surface area contributed by atoms with E-state index in [0.29, 0.717) is 17.1 Å². The van der Waals surface area contributed by atoms with E-state index < -0.39 is 18.0 Å². The number of hydrogen-bond donors (Lipinski definition) is 2. The summed E-state index contributed by atoms with van der Waals surface area (Å²) in [6, 6.07) is 2.44. The van der Waals surface area contributed by atoms with Crippen LogP contribution in [0, 0.1) is 0 Å². The molecule has 2 unspecified atom stereocenters. The van der Waals surface area contributed by atoms with Gasteiger partial charge < -0.3 is 15.0 Å². The van der Waals surface area contributed by atoms with Gasteiger partial charge in [-0.3, -0.25) is 9.78 Å². The molecule has 2 aliphatic rings. The van der Waals surface area contributed by atoms with Crippen LogP contribution in [0.1, 0.15) is 42.9 Å². The molecule has 2 aromatic heterocycles. The molecule has 0 radical (unpaired) electrons. The van der Waals surface area contributed by atoms with Crippen molar-refractivity contribution in [2.45, 2.75) is 43.6 Å². The Labute approximate surface area is 163 Å². The first-order valence-electron chi connectivity index (χ1n) is 8.71. The van der Waals surface area contributed by atoms with Gasteiger partial charge in [0.05, 0.1) is 17.4 Å². The van der Waals surface area contributed by atoms with Crippen LogP contribution < -0.4 is 0 Å². The van der Waals surface area contributed by atoms with Gasteiger partial charge in [-0.15, -0.1) is 0 Å². The van der Waals surface area contributed by atoms with Crippen LogP contribution >= 0.6 is 11.6 Å². The van der Waals surface area contributed by atoms with E-state index >= 15 is 0 Å². The largest absolute Gasteiger partial charge is 0.420 e. The van der Waals surface area contributed by atoms with Gasteiger partial charge in [0.25, 0.3) is 0 Å². The van der Waals surface area contributed by atoms with Crippen LogP contribution in [0.3, 0.4) is 0 Å². The second-order valence-electron chi connectivity index (χ2n) is 6.83. The molecule has 4 heterocycles. The van der Waals surface area contributed by atoms with Crippen molar-refractivity contribution in [2.24, 2.45) is 0 Å². The minimum absolute atomic E-state index is 0.0806. The van der Waals surface area contributed by atoms with E-state index in [-0.39, 0.29) is 23.1 Å². The van der Waals surface area contributed by atoms with Crippen molar-refractivity contribution >= 4 is 17.5 Å². The zero-order valence-electron chi connectivity index (χ0n) is 14.4. The molecule has 0 aromatic carbocycles. The highest BCUT2D eigenvalue weighted by atomic mass is 35.5. The number of aliphatic hydroxyl groups excluding tert-OH is 1. The summed E-state index contributed by atoms with van der Waals surface area (Å²) in [6.45, 7) is 0. The number of fused-ring (bicyclic) bond motifs is 1. The number of H-pyrrole nitrogens is 1. The predicted octanol–water partition coefficient (Wildman–Crippen LogP) is 3.71. The number of nitrogens with zero attached hydrogens (tertiary/aromatic N) is 3. The predicted molar refractivity (Wildman–Crippen MR) is 94.2 cm³/mol. The summed E-state index contributed by atoms with van der Waals surface area (Å²) in [7, 11) is 0. The highest BCUT2D eigenvalue weighted by Crippen LogP contribution is 2.40. The van der Waals surface area contributed by atoms with Gasteiger partial charge in [-0.1, -0.05) is 17.7 Å². The van der Waals surface area contributed by atoms with Crippen LogP contribution in [0.2, 0.25) is 5.15 Å². The summed E-state index contributed by atoms with van der Waals surface area (Å²) < 4.78 is 38.3. The summed E-state index contributed by atoms with van der Waals surface area (Å²) in [5, 5.41) is 9.52. The molecule has 2 N–H and O–H groups in total. The monoisotopic (exact) mass is 412 g/mol. The fourth-order valence-electron chi connectivity index (χ4n) is 3.77. The van der Waals surface area contributed by atoms with Gasteiger partial charge in [0.1, 0.15) is 5.82 Å². The third kappa shape index (κ3) is 3.29. The molecule has 1 amide bonds.